The van der Waals surface area contributed by atoms with E-state index in [9.17, 15) is 50.8 Å². The summed E-state index contributed by atoms with van der Waals surface area (Å²) < 4.78 is 21.3. The molecule has 0 spiro atoms. The zero-order valence-corrected chi connectivity index (χ0v) is 20.0. The fourth-order valence-electron chi connectivity index (χ4n) is 4.19. The summed E-state index contributed by atoms with van der Waals surface area (Å²) in [6.07, 6.45) is -10.8. The summed E-state index contributed by atoms with van der Waals surface area (Å²) in [4.78, 5) is 11.6. The number of aliphatic hydroxyl groups excluding tert-OH is 8. The van der Waals surface area contributed by atoms with Gasteiger partial charge in [0.05, 0.1) is 19.1 Å². The number of rotatable bonds is 15. The fourth-order valence-corrected chi connectivity index (χ4v) is 4.19. The van der Waals surface area contributed by atoms with Crippen molar-refractivity contribution in [3.63, 3.8) is 0 Å². The van der Waals surface area contributed by atoms with Crippen molar-refractivity contribution in [1.82, 2.24) is 0 Å². The van der Waals surface area contributed by atoms with Crippen molar-refractivity contribution in [3.05, 3.63) is 0 Å². The second kappa shape index (κ2) is 15.4. The molecule has 2 fully saturated rings. The quantitative estimate of drug-likeness (QED) is 0.0945. The first kappa shape index (κ1) is 31.2. The van der Waals surface area contributed by atoms with Gasteiger partial charge in [-0.3, -0.25) is 4.79 Å². The number of carboxylic acid groups (broad SMARTS) is 1. The van der Waals surface area contributed by atoms with E-state index in [-0.39, 0.29) is 13.2 Å². The molecule has 0 saturated carbocycles. The molecule has 0 amide bonds. The second-order valence-electron chi connectivity index (χ2n) is 9.16. The van der Waals surface area contributed by atoms with Gasteiger partial charge in [-0.1, -0.05) is 12.8 Å². The van der Waals surface area contributed by atoms with Gasteiger partial charge < -0.3 is 64.9 Å². The predicted octanol–water partition coefficient (Wildman–Crippen LogP) is -3.34. The maximum Gasteiger partial charge on any atom is 0.306 e. The Labute approximate surface area is 208 Å². The zero-order chi connectivity index (χ0) is 26.8. The van der Waals surface area contributed by atoms with Crippen LogP contribution in [0, 0.1) is 5.92 Å². The summed E-state index contributed by atoms with van der Waals surface area (Å²) in [5, 5.41) is 86.8. The third-order valence-electron chi connectivity index (χ3n) is 6.50. The lowest BCUT2D eigenvalue weighted by atomic mass is 9.96. The van der Waals surface area contributed by atoms with E-state index in [2.05, 4.69) is 0 Å². The van der Waals surface area contributed by atoms with Gasteiger partial charge in [0.1, 0.15) is 48.8 Å². The third kappa shape index (κ3) is 8.51. The Hall–Kier alpha value is -1.01. The third-order valence-corrected chi connectivity index (χ3v) is 6.50. The Bertz CT molecular complexity index is 588. The predicted molar refractivity (Wildman–Crippen MR) is 118 cm³/mol. The molecule has 2 aliphatic heterocycles. The van der Waals surface area contributed by atoms with Gasteiger partial charge in [-0.2, -0.15) is 0 Å². The molecular formula is C22H40O14. The molecule has 14 nitrogen and oxygen atoms in total. The zero-order valence-electron chi connectivity index (χ0n) is 20.0. The highest BCUT2D eigenvalue weighted by molar-refractivity contribution is 5.69. The number of aliphatic hydroxyl groups is 8. The van der Waals surface area contributed by atoms with Gasteiger partial charge in [0.2, 0.25) is 0 Å². The van der Waals surface area contributed by atoms with Crippen LogP contribution in [0.4, 0.5) is 0 Å². The minimum atomic E-state index is -1.53. The van der Waals surface area contributed by atoms with Crippen LogP contribution in [0.1, 0.15) is 38.5 Å². The van der Waals surface area contributed by atoms with Gasteiger partial charge in [-0.05, 0) is 25.7 Å². The Morgan fingerprint density at radius 2 is 1.03 bits per heavy atom. The van der Waals surface area contributed by atoms with Crippen molar-refractivity contribution in [2.24, 2.45) is 5.92 Å². The van der Waals surface area contributed by atoms with E-state index in [0.29, 0.717) is 38.5 Å². The molecule has 2 saturated heterocycles. The molecule has 0 bridgehead atoms. The molecule has 9 N–H and O–H groups in total. The molecule has 36 heavy (non-hydrogen) atoms. The summed E-state index contributed by atoms with van der Waals surface area (Å²) in [5.74, 6) is -1.55. The van der Waals surface area contributed by atoms with Crippen LogP contribution in [0.2, 0.25) is 0 Å². The monoisotopic (exact) mass is 528 g/mol. The van der Waals surface area contributed by atoms with Crippen molar-refractivity contribution >= 4 is 5.97 Å². The van der Waals surface area contributed by atoms with Gasteiger partial charge in [0.25, 0.3) is 0 Å². The summed E-state index contributed by atoms with van der Waals surface area (Å²) in [7, 11) is 0. The summed E-state index contributed by atoms with van der Waals surface area (Å²) in [6.45, 7) is -0.888. The Morgan fingerprint density at radius 3 is 1.36 bits per heavy atom. The molecule has 14 heteroatoms. The first-order chi connectivity index (χ1) is 17.1. The van der Waals surface area contributed by atoms with Crippen molar-refractivity contribution in [2.75, 3.05) is 26.4 Å². The van der Waals surface area contributed by atoms with E-state index in [1.54, 1.807) is 0 Å². The molecule has 2 aliphatic rings. The number of carbonyl (C=O) groups is 1. The molecule has 0 aromatic carbocycles. The molecule has 2 heterocycles. The van der Waals surface area contributed by atoms with E-state index in [1.807, 2.05) is 0 Å². The minimum Gasteiger partial charge on any atom is -0.481 e. The first-order valence-electron chi connectivity index (χ1n) is 12.2. The lowest BCUT2D eigenvalue weighted by molar-refractivity contribution is -0.301. The Kier molecular flexibility index (Phi) is 13.4. The van der Waals surface area contributed by atoms with Crippen molar-refractivity contribution < 1.29 is 69.7 Å². The number of hydrogen-bond acceptors (Lipinski definition) is 13. The van der Waals surface area contributed by atoms with Gasteiger partial charge >= 0.3 is 5.97 Å². The number of ether oxygens (including phenoxy) is 4. The summed E-state index contributed by atoms with van der Waals surface area (Å²) in [6, 6.07) is 0. The Balaban J connectivity index is 1.63. The maximum atomic E-state index is 11.6. The minimum absolute atomic E-state index is 0.113. The number of unbranched alkanes of at least 4 members (excludes halogenated alkanes) is 2. The van der Waals surface area contributed by atoms with E-state index < -0.39 is 86.5 Å². The molecule has 0 aromatic rings. The standard InChI is InChI=1S/C22H40O14/c23-9-12-14(25)16(27)18(29)21(35-12)33-7-3-1-5-11(20(31)32)6-2-4-8-34-22-19(30)17(28)15(26)13(10-24)36-22/h11-19,21-30H,1-10H2,(H,31,32)/t12-,13-,14+,15+,16+,17+,18-,19-,21-,22-/m1/s1. The van der Waals surface area contributed by atoms with Crippen molar-refractivity contribution in [1.29, 1.82) is 0 Å². The van der Waals surface area contributed by atoms with Crippen molar-refractivity contribution in [2.45, 2.75) is 99.9 Å². The summed E-state index contributed by atoms with van der Waals surface area (Å²) in [5.41, 5.74) is 0. The first-order valence-corrected chi connectivity index (χ1v) is 12.2. The lowest BCUT2D eigenvalue weighted by Gasteiger charge is -2.39. The maximum absolute atomic E-state index is 11.6. The van der Waals surface area contributed by atoms with Crippen LogP contribution in [0.15, 0.2) is 0 Å². The van der Waals surface area contributed by atoms with Crippen LogP contribution in [-0.4, -0.2) is 140 Å². The van der Waals surface area contributed by atoms with Crippen LogP contribution < -0.4 is 0 Å². The molecule has 0 radical (unpaired) electrons. The normalized spacial score (nSPS) is 37.4. The van der Waals surface area contributed by atoms with Crippen molar-refractivity contribution in [3.8, 4) is 0 Å². The number of aliphatic carboxylic acids is 1. The molecule has 10 atom stereocenters. The highest BCUT2D eigenvalue weighted by atomic mass is 16.7. The van der Waals surface area contributed by atoms with Gasteiger partial charge in [-0.15, -0.1) is 0 Å². The molecule has 0 aliphatic carbocycles. The van der Waals surface area contributed by atoms with Gasteiger partial charge in [-0.25, -0.2) is 0 Å². The van der Waals surface area contributed by atoms with Crippen LogP contribution in [0.5, 0.6) is 0 Å². The van der Waals surface area contributed by atoms with Crippen LogP contribution in [-0.2, 0) is 23.7 Å². The Morgan fingerprint density at radius 1 is 0.639 bits per heavy atom. The average Bonchev–Trinajstić information content (AvgIpc) is 2.86. The molecule has 0 aromatic heterocycles. The van der Waals surface area contributed by atoms with Crippen LogP contribution in [0.25, 0.3) is 0 Å². The molecule has 212 valence electrons. The van der Waals surface area contributed by atoms with E-state index in [1.165, 1.54) is 0 Å². The van der Waals surface area contributed by atoms with E-state index in [0.717, 1.165) is 0 Å². The van der Waals surface area contributed by atoms with Crippen LogP contribution >= 0.6 is 0 Å². The average molecular weight is 529 g/mol. The van der Waals surface area contributed by atoms with E-state index >= 15 is 0 Å². The van der Waals surface area contributed by atoms with Gasteiger partial charge in [0, 0.05) is 13.2 Å². The molecule has 2 rings (SSSR count). The lowest BCUT2D eigenvalue weighted by Crippen LogP contribution is -2.59. The largest absolute Gasteiger partial charge is 0.481 e. The van der Waals surface area contributed by atoms with E-state index in [4.69, 9.17) is 18.9 Å². The highest BCUT2D eigenvalue weighted by Crippen LogP contribution is 2.24. The molecule has 0 unspecified atom stereocenters. The van der Waals surface area contributed by atoms with Crippen LogP contribution in [0.3, 0.4) is 0 Å². The highest BCUT2D eigenvalue weighted by Gasteiger charge is 2.45. The smallest absolute Gasteiger partial charge is 0.306 e. The second-order valence-corrected chi connectivity index (χ2v) is 9.16. The summed E-state index contributed by atoms with van der Waals surface area (Å²) >= 11 is 0. The van der Waals surface area contributed by atoms with Gasteiger partial charge in [0.15, 0.2) is 12.6 Å². The SMILES string of the molecule is O=C(O)C(CCCCO[C@@H]1O[C@H](CO)[C@H](O)[C@H](O)[C@H]1O)CCCCO[C@@H]1O[C@H](CO)[C@H](O)[C@H](O)[C@H]1O. The topological polar surface area (TPSA) is 236 Å². The number of carboxylic acids is 1. The number of hydrogen-bond donors (Lipinski definition) is 9. The molecular weight excluding hydrogens is 488 g/mol. The fraction of sp³-hybridized carbons (Fsp3) is 0.955.